The third-order valence-electron chi connectivity index (χ3n) is 1.54. The Hall–Kier alpha value is -1.00. The monoisotopic (exact) mass is 173 g/mol. The van der Waals surface area contributed by atoms with Crippen molar-refractivity contribution in [3.63, 3.8) is 0 Å². The molecule has 0 unspecified atom stereocenters. The minimum Gasteiger partial charge on any atom is -0.387 e. The summed E-state index contributed by atoms with van der Waals surface area (Å²) in [7, 11) is 0. The zero-order chi connectivity index (χ0) is 9.14. The van der Waals surface area contributed by atoms with Crippen LogP contribution in [0.2, 0.25) is 0 Å². The molecule has 0 saturated carbocycles. The number of hydrogen-bond donors (Lipinski definition) is 2. The quantitative estimate of drug-likeness (QED) is 0.699. The van der Waals surface area contributed by atoms with E-state index in [0.717, 1.165) is 18.2 Å². The van der Waals surface area contributed by atoms with Crippen molar-refractivity contribution in [3.05, 3.63) is 35.4 Å². The second-order valence-electron chi connectivity index (χ2n) is 2.42. The van der Waals surface area contributed by atoms with Crippen molar-refractivity contribution < 1.29 is 13.9 Å². The van der Waals surface area contributed by atoms with Gasteiger partial charge in [-0.15, -0.1) is 0 Å². The minimum absolute atomic E-state index is 0.0995. The van der Waals surface area contributed by atoms with Crippen LogP contribution in [0.4, 0.5) is 8.78 Å². The minimum atomic E-state index is -1.14. The molecule has 1 aromatic rings. The van der Waals surface area contributed by atoms with E-state index in [1.54, 1.807) is 0 Å². The molecule has 0 fully saturated rings. The second kappa shape index (κ2) is 3.60. The lowest BCUT2D eigenvalue weighted by molar-refractivity contribution is 0.181. The van der Waals surface area contributed by atoms with Gasteiger partial charge in [-0.05, 0) is 18.2 Å². The van der Waals surface area contributed by atoms with Crippen molar-refractivity contribution in [2.75, 3.05) is 6.54 Å². The summed E-state index contributed by atoms with van der Waals surface area (Å²) in [6.45, 7) is -0.125. The topological polar surface area (TPSA) is 46.2 Å². The van der Waals surface area contributed by atoms with Crippen LogP contribution in [0, 0.1) is 11.6 Å². The Kier molecular flexibility index (Phi) is 2.73. The average molecular weight is 173 g/mol. The van der Waals surface area contributed by atoms with Crippen molar-refractivity contribution in [2.45, 2.75) is 6.10 Å². The summed E-state index contributed by atoms with van der Waals surface area (Å²) < 4.78 is 25.4. The van der Waals surface area contributed by atoms with E-state index in [1.807, 2.05) is 0 Å². The number of hydrogen-bond acceptors (Lipinski definition) is 2. The molecule has 3 N–H and O–H groups in total. The molecule has 0 heterocycles. The summed E-state index contributed by atoms with van der Waals surface area (Å²) in [6.07, 6.45) is -1.14. The molecule has 0 aliphatic heterocycles. The van der Waals surface area contributed by atoms with Crippen LogP contribution in [0.25, 0.3) is 0 Å². The standard InChI is InChI=1S/C8H9F2NO/c9-5-1-2-7(10)6(3-5)8(12)4-11/h1-3,8,12H,4,11H2/t8-/m0/s1. The van der Waals surface area contributed by atoms with Crippen LogP contribution in [-0.2, 0) is 0 Å². The van der Waals surface area contributed by atoms with Crippen molar-refractivity contribution in [3.8, 4) is 0 Å². The molecule has 2 nitrogen and oxygen atoms in total. The second-order valence-corrected chi connectivity index (χ2v) is 2.42. The maximum atomic E-state index is 12.8. The Morgan fingerprint density at radius 3 is 2.67 bits per heavy atom. The van der Waals surface area contributed by atoms with Crippen molar-refractivity contribution in [1.82, 2.24) is 0 Å². The number of benzene rings is 1. The Morgan fingerprint density at radius 1 is 1.42 bits per heavy atom. The lowest BCUT2D eigenvalue weighted by Crippen LogP contribution is -2.13. The van der Waals surface area contributed by atoms with Crippen LogP contribution in [-0.4, -0.2) is 11.7 Å². The van der Waals surface area contributed by atoms with Gasteiger partial charge < -0.3 is 10.8 Å². The molecule has 12 heavy (non-hydrogen) atoms. The first-order valence-electron chi connectivity index (χ1n) is 3.48. The smallest absolute Gasteiger partial charge is 0.129 e. The fraction of sp³-hybridized carbons (Fsp3) is 0.250. The van der Waals surface area contributed by atoms with Crippen LogP contribution >= 0.6 is 0 Å². The lowest BCUT2D eigenvalue weighted by atomic mass is 10.1. The molecular formula is C8H9F2NO. The Labute approximate surface area is 68.6 Å². The summed E-state index contributed by atoms with van der Waals surface area (Å²) in [5.41, 5.74) is 4.98. The van der Waals surface area contributed by atoms with Crippen molar-refractivity contribution in [2.24, 2.45) is 5.73 Å². The molecule has 4 heteroatoms. The highest BCUT2D eigenvalue weighted by Crippen LogP contribution is 2.16. The van der Waals surface area contributed by atoms with Crippen LogP contribution in [0.1, 0.15) is 11.7 Å². The van der Waals surface area contributed by atoms with Gasteiger partial charge in [-0.2, -0.15) is 0 Å². The maximum Gasteiger partial charge on any atom is 0.129 e. The Bertz CT molecular complexity index is 278. The van der Waals surface area contributed by atoms with E-state index in [1.165, 1.54) is 0 Å². The molecule has 0 aliphatic rings. The molecule has 0 saturated heterocycles. The van der Waals surface area contributed by atoms with E-state index >= 15 is 0 Å². The lowest BCUT2D eigenvalue weighted by Gasteiger charge is -2.08. The number of aliphatic hydroxyl groups excluding tert-OH is 1. The third kappa shape index (κ3) is 1.78. The number of nitrogens with two attached hydrogens (primary N) is 1. The van der Waals surface area contributed by atoms with Crippen molar-refractivity contribution >= 4 is 0 Å². The molecule has 0 spiro atoms. The maximum absolute atomic E-state index is 12.8. The van der Waals surface area contributed by atoms with Gasteiger partial charge >= 0.3 is 0 Å². The first kappa shape index (κ1) is 9.09. The predicted molar refractivity (Wildman–Crippen MR) is 40.4 cm³/mol. The summed E-state index contributed by atoms with van der Waals surface area (Å²) in [5.74, 6) is -1.23. The number of aliphatic hydroxyl groups is 1. The van der Waals surface area contributed by atoms with E-state index in [9.17, 15) is 8.78 Å². The van der Waals surface area contributed by atoms with Gasteiger partial charge in [-0.3, -0.25) is 0 Å². The van der Waals surface area contributed by atoms with Gasteiger partial charge in [0.15, 0.2) is 0 Å². The van der Waals surface area contributed by atoms with Gasteiger partial charge in [0.1, 0.15) is 11.6 Å². The van der Waals surface area contributed by atoms with Crippen LogP contribution in [0.3, 0.4) is 0 Å². The molecule has 0 aliphatic carbocycles. The molecule has 0 bridgehead atoms. The van der Waals surface area contributed by atoms with E-state index in [2.05, 4.69) is 0 Å². The van der Waals surface area contributed by atoms with Crippen molar-refractivity contribution in [1.29, 1.82) is 0 Å². The Morgan fingerprint density at radius 2 is 2.08 bits per heavy atom. The SMILES string of the molecule is NC[C@H](O)c1cc(F)ccc1F. The molecule has 0 radical (unpaired) electrons. The fourth-order valence-corrected chi connectivity index (χ4v) is 0.897. The average Bonchev–Trinajstić information content (AvgIpc) is 2.08. The van der Waals surface area contributed by atoms with Crippen LogP contribution < -0.4 is 5.73 Å². The molecular weight excluding hydrogens is 164 g/mol. The van der Waals surface area contributed by atoms with E-state index in [0.29, 0.717) is 0 Å². The van der Waals surface area contributed by atoms with Gasteiger partial charge in [0.2, 0.25) is 0 Å². The molecule has 1 aromatic carbocycles. The fourth-order valence-electron chi connectivity index (χ4n) is 0.897. The highest BCUT2D eigenvalue weighted by molar-refractivity contribution is 5.21. The van der Waals surface area contributed by atoms with Crippen LogP contribution in [0.5, 0.6) is 0 Å². The highest BCUT2D eigenvalue weighted by atomic mass is 19.1. The molecule has 1 atom stereocenters. The summed E-state index contributed by atoms with van der Waals surface area (Å²) in [6, 6.07) is 2.89. The van der Waals surface area contributed by atoms with Gasteiger partial charge in [0.25, 0.3) is 0 Å². The number of rotatable bonds is 2. The largest absolute Gasteiger partial charge is 0.387 e. The predicted octanol–water partition coefficient (Wildman–Crippen LogP) is 0.957. The van der Waals surface area contributed by atoms with E-state index < -0.39 is 17.7 Å². The number of halogens is 2. The molecule has 0 amide bonds. The summed E-state index contributed by atoms with van der Waals surface area (Å²) in [5, 5.41) is 9.10. The van der Waals surface area contributed by atoms with Gasteiger partial charge in [-0.1, -0.05) is 0 Å². The zero-order valence-corrected chi connectivity index (χ0v) is 6.30. The van der Waals surface area contributed by atoms with Gasteiger partial charge in [-0.25, -0.2) is 8.78 Å². The van der Waals surface area contributed by atoms with Gasteiger partial charge in [0.05, 0.1) is 6.10 Å². The zero-order valence-electron chi connectivity index (χ0n) is 6.30. The first-order chi connectivity index (χ1) is 5.65. The summed E-state index contributed by atoms with van der Waals surface area (Å²) >= 11 is 0. The Balaban J connectivity index is 3.04. The molecule has 0 aromatic heterocycles. The summed E-state index contributed by atoms with van der Waals surface area (Å²) in [4.78, 5) is 0. The molecule has 66 valence electrons. The van der Waals surface area contributed by atoms with E-state index in [4.69, 9.17) is 10.8 Å². The molecule has 1 rings (SSSR count). The normalized spacial score (nSPS) is 13.0. The first-order valence-corrected chi connectivity index (χ1v) is 3.48. The highest BCUT2D eigenvalue weighted by Gasteiger charge is 2.11. The van der Waals surface area contributed by atoms with Gasteiger partial charge in [0, 0.05) is 12.1 Å². The van der Waals surface area contributed by atoms with Crippen LogP contribution in [0.15, 0.2) is 18.2 Å². The van der Waals surface area contributed by atoms with E-state index in [-0.39, 0.29) is 12.1 Å². The third-order valence-corrected chi connectivity index (χ3v) is 1.54.